The number of rotatable bonds is 6. The number of nitrogens with zero attached hydrogens (tertiary/aromatic N) is 2. The predicted molar refractivity (Wildman–Crippen MR) is 131 cm³/mol. The molecule has 0 spiro atoms. The summed E-state index contributed by atoms with van der Waals surface area (Å²) < 4.78 is 12.6. The van der Waals surface area contributed by atoms with E-state index in [4.69, 9.17) is 9.47 Å². The number of nitrogens with one attached hydrogen (secondary N) is 1. The maximum absolute atomic E-state index is 12.9. The van der Waals surface area contributed by atoms with Crippen LogP contribution in [0.25, 0.3) is 28.2 Å². The van der Waals surface area contributed by atoms with Crippen LogP contribution >= 0.6 is 0 Å². The zero-order valence-electron chi connectivity index (χ0n) is 19.2. The van der Waals surface area contributed by atoms with E-state index in [0.29, 0.717) is 24.5 Å². The molecule has 35 heavy (non-hydrogen) atoms. The third-order valence-corrected chi connectivity index (χ3v) is 5.90. The Balaban J connectivity index is 1.53. The number of benzene rings is 2. The molecule has 0 bridgehead atoms. The van der Waals surface area contributed by atoms with Crippen molar-refractivity contribution in [2.45, 2.75) is 0 Å². The molecule has 5 rings (SSSR count). The standard InChI is InChI=1S/C27H23N3O5/c1-30-15-18(14-22-25(32)24-20(31)4-3-5-21(24)35-22)23-19(10-11-28-26(23)30)16-6-8-17(9-7-16)27(33)29-12-13-34-2/h3-11,14-15,31H,12-13H2,1-2H3,(H,29,33). The number of ketones is 1. The summed E-state index contributed by atoms with van der Waals surface area (Å²) >= 11 is 0. The number of aromatic nitrogens is 2. The fourth-order valence-electron chi connectivity index (χ4n) is 4.21. The first-order valence-corrected chi connectivity index (χ1v) is 11.1. The minimum absolute atomic E-state index is 0.109. The highest BCUT2D eigenvalue weighted by atomic mass is 16.5. The molecule has 0 saturated heterocycles. The van der Waals surface area contributed by atoms with Crippen molar-refractivity contribution in [3.8, 4) is 22.6 Å². The molecule has 8 nitrogen and oxygen atoms in total. The number of fused-ring (bicyclic) bond motifs is 2. The van der Waals surface area contributed by atoms with Gasteiger partial charge in [0.2, 0.25) is 5.78 Å². The Labute approximate surface area is 201 Å². The van der Waals surface area contributed by atoms with Gasteiger partial charge in [-0.05, 0) is 47.5 Å². The van der Waals surface area contributed by atoms with E-state index in [-0.39, 0.29) is 28.8 Å². The Morgan fingerprint density at radius 2 is 2.00 bits per heavy atom. The fourth-order valence-corrected chi connectivity index (χ4v) is 4.21. The lowest BCUT2D eigenvalue weighted by Gasteiger charge is -2.08. The third kappa shape index (κ3) is 4.04. The number of methoxy groups -OCH3 is 1. The van der Waals surface area contributed by atoms with Gasteiger partial charge in [0.05, 0.1) is 6.61 Å². The molecule has 0 radical (unpaired) electrons. The number of pyridine rings is 1. The number of amides is 1. The second-order valence-corrected chi connectivity index (χ2v) is 8.17. The second-order valence-electron chi connectivity index (χ2n) is 8.17. The Hall–Kier alpha value is -4.43. The Bertz CT molecular complexity index is 1480. The number of aromatic hydroxyl groups is 1. The van der Waals surface area contributed by atoms with Gasteiger partial charge >= 0.3 is 0 Å². The molecular formula is C27H23N3O5. The van der Waals surface area contributed by atoms with E-state index < -0.39 is 0 Å². The van der Waals surface area contributed by atoms with Crippen molar-refractivity contribution in [3.05, 3.63) is 83.4 Å². The van der Waals surface area contributed by atoms with Crippen LogP contribution in [-0.2, 0) is 11.8 Å². The van der Waals surface area contributed by atoms with Crippen LogP contribution in [0.1, 0.15) is 26.3 Å². The maximum atomic E-state index is 12.9. The summed E-state index contributed by atoms with van der Waals surface area (Å²) in [5, 5.41) is 13.8. The number of ether oxygens (including phenoxy) is 2. The van der Waals surface area contributed by atoms with Crippen molar-refractivity contribution in [1.29, 1.82) is 0 Å². The molecule has 8 heteroatoms. The first-order valence-electron chi connectivity index (χ1n) is 11.1. The number of hydrogen-bond donors (Lipinski definition) is 2. The second kappa shape index (κ2) is 9.08. The van der Waals surface area contributed by atoms with Gasteiger partial charge in [0.25, 0.3) is 5.91 Å². The highest BCUT2D eigenvalue weighted by Gasteiger charge is 2.30. The molecule has 2 N–H and O–H groups in total. The first-order chi connectivity index (χ1) is 17.0. The van der Waals surface area contributed by atoms with Gasteiger partial charge < -0.3 is 24.5 Å². The van der Waals surface area contributed by atoms with Crippen LogP contribution < -0.4 is 10.1 Å². The quantitative estimate of drug-likeness (QED) is 0.328. The van der Waals surface area contributed by atoms with E-state index in [1.54, 1.807) is 43.6 Å². The molecule has 1 aliphatic rings. The van der Waals surface area contributed by atoms with Crippen LogP contribution in [0.4, 0.5) is 0 Å². The summed E-state index contributed by atoms with van der Waals surface area (Å²) in [5.74, 6) is -0.184. The summed E-state index contributed by atoms with van der Waals surface area (Å²) in [7, 11) is 3.47. The summed E-state index contributed by atoms with van der Waals surface area (Å²) in [6, 6.07) is 14.0. The fraction of sp³-hybridized carbons (Fsp3) is 0.148. The van der Waals surface area contributed by atoms with Gasteiger partial charge in [-0.25, -0.2) is 4.98 Å². The van der Waals surface area contributed by atoms with Crippen molar-refractivity contribution < 1.29 is 24.2 Å². The molecule has 3 heterocycles. The highest BCUT2D eigenvalue weighted by Crippen LogP contribution is 2.39. The molecule has 1 aliphatic heterocycles. The van der Waals surface area contributed by atoms with Crippen LogP contribution in [0, 0.1) is 0 Å². The van der Waals surface area contributed by atoms with E-state index >= 15 is 0 Å². The van der Waals surface area contributed by atoms with Crippen molar-refractivity contribution >= 4 is 28.8 Å². The predicted octanol–water partition coefficient (Wildman–Crippen LogP) is 3.94. The third-order valence-electron chi connectivity index (χ3n) is 5.90. The monoisotopic (exact) mass is 469 g/mol. The lowest BCUT2D eigenvalue weighted by molar-refractivity contribution is 0.0936. The van der Waals surface area contributed by atoms with Crippen LogP contribution in [0.3, 0.4) is 0 Å². The average Bonchev–Trinajstić information content (AvgIpc) is 3.36. The number of phenols is 1. The van der Waals surface area contributed by atoms with Gasteiger partial charge in [-0.1, -0.05) is 18.2 Å². The SMILES string of the molecule is COCCNC(=O)c1ccc(-c2ccnc3c2c(C=C2Oc4cccc(O)c4C2=O)cn3C)cc1. The van der Waals surface area contributed by atoms with Gasteiger partial charge in [0, 0.05) is 49.6 Å². The maximum Gasteiger partial charge on any atom is 0.251 e. The highest BCUT2D eigenvalue weighted by molar-refractivity contribution is 6.17. The lowest BCUT2D eigenvalue weighted by atomic mass is 9.99. The molecule has 1 amide bonds. The zero-order valence-corrected chi connectivity index (χ0v) is 19.2. The van der Waals surface area contributed by atoms with Gasteiger partial charge in [0.15, 0.2) is 5.76 Å². The van der Waals surface area contributed by atoms with Crippen LogP contribution in [0.2, 0.25) is 0 Å². The normalized spacial score (nSPS) is 13.8. The van der Waals surface area contributed by atoms with Gasteiger partial charge in [-0.3, -0.25) is 9.59 Å². The lowest BCUT2D eigenvalue weighted by Crippen LogP contribution is -2.26. The van der Waals surface area contributed by atoms with E-state index in [9.17, 15) is 14.7 Å². The van der Waals surface area contributed by atoms with E-state index in [1.165, 1.54) is 6.07 Å². The summed E-state index contributed by atoms with van der Waals surface area (Å²) in [4.78, 5) is 29.7. The summed E-state index contributed by atoms with van der Waals surface area (Å²) in [5.41, 5.74) is 4.00. The van der Waals surface area contributed by atoms with Crippen molar-refractivity contribution in [2.24, 2.45) is 7.05 Å². The minimum atomic E-state index is -0.371. The van der Waals surface area contributed by atoms with E-state index in [2.05, 4.69) is 10.3 Å². The number of carbonyl (C=O) groups is 2. The number of aryl methyl sites for hydroxylation is 1. The largest absolute Gasteiger partial charge is 0.507 e. The summed E-state index contributed by atoms with van der Waals surface area (Å²) in [6.07, 6.45) is 5.28. The molecule has 2 aromatic heterocycles. The first kappa shape index (κ1) is 22.4. The average molecular weight is 469 g/mol. The van der Waals surface area contributed by atoms with Gasteiger partial charge in [0.1, 0.15) is 22.7 Å². The molecular weight excluding hydrogens is 446 g/mol. The van der Waals surface area contributed by atoms with Crippen molar-refractivity contribution in [3.63, 3.8) is 0 Å². The molecule has 0 unspecified atom stereocenters. The number of hydrogen-bond acceptors (Lipinski definition) is 6. The smallest absolute Gasteiger partial charge is 0.251 e. The number of phenolic OH excluding ortho intramolecular Hbond substituents is 1. The molecule has 0 atom stereocenters. The van der Waals surface area contributed by atoms with Gasteiger partial charge in [-0.2, -0.15) is 0 Å². The number of carbonyl (C=O) groups excluding carboxylic acids is 2. The number of allylic oxidation sites excluding steroid dienone is 1. The molecule has 2 aromatic carbocycles. The van der Waals surface area contributed by atoms with Gasteiger partial charge in [-0.15, -0.1) is 0 Å². The molecule has 4 aromatic rings. The van der Waals surface area contributed by atoms with Crippen LogP contribution in [0.5, 0.6) is 11.5 Å². The molecule has 0 aliphatic carbocycles. The Morgan fingerprint density at radius 3 is 2.74 bits per heavy atom. The molecule has 0 saturated carbocycles. The van der Waals surface area contributed by atoms with Crippen LogP contribution in [0.15, 0.2) is 66.7 Å². The summed E-state index contributed by atoms with van der Waals surface area (Å²) in [6.45, 7) is 0.883. The molecule has 0 fully saturated rings. The number of Topliss-reactive ketones (excluding diaryl/α,β-unsaturated/α-hetero) is 1. The molecule has 176 valence electrons. The van der Waals surface area contributed by atoms with E-state index in [1.807, 2.05) is 36.0 Å². The van der Waals surface area contributed by atoms with Crippen LogP contribution in [-0.4, -0.2) is 46.6 Å². The van der Waals surface area contributed by atoms with E-state index in [0.717, 1.165) is 27.7 Å². The minimum Gasteiger partial charge on any atom is -0.507 e. The van der Waals surface area contributed by atoms with Crippen molar-refractivity contribution in [1.82, 2.24) is 14.9 Å². The van der Waals surface area contributed by atoms with Crippen molar-refractivity contribution in [2.75, 3.05) is 20.3 Å². The Morgan fingerprint density at radius 1 is 1.20 bits per heavy atom. The topological polar surface area (TPSA) is 103 Å². The Kier molecular flexibility index (Phi) is 5.80. The zero-order chi connectivity index (χ0) is 24.5.